The van der Waals surface area contributed by atoms with Gasteiger partial charge in [-0.1, -0.05) is 20.3 Å². The van der Waals surface area contributed by atoms with Gasteiger partial charge in [-0.15, -0.1) is 0 Å². The van der Waals surface area contributed by atoms with Crippen LogP contribution in [0.3, 0.4) is 0 Å². The molecule has 0 aliphatic rings. The van der Waals surface area contributed by atoms with Crippen molar-refractivity contribution in [2.24, 2.45) is 5.73 Å². The summed E-state index contributed by atoms with van der Waals surface area (Å²) in [5.41, 5.74) is 6.32. The van der Waals surface area contributed by atoms with E-state index in [-0.39, 0.29) is 0 Å². The van der Waals surface area contributed by atoms with Gasteiger partial charge >= 0.3 is 0 Å². The summed E-state index contributed by atoms with van der Waals surface area (Å²) in [7, 11) is 0. The number of nitrogens with zero attached hydrogens (tertiary/aromatic N) is 3. The molecule has 2 aromatic heterocycles. The van der Waals surface area contributed by atoms with E-state index < -0.39 is 5.91 Å². The second-order valence-corrected chi connectivity index (χ2v) is 4.46. The van der Waals surface area contributed by atoms with Crippen LogP contribution >= 0.6 is 0 Å². The lowest BCUT2D eigenvalue weighted by Crippen LogP contribution is -2.10. The number of amides is 1. The third-order valence-corrected chi connectivity index (χ3v) is 3.13. The van der Waals surface area contributed by atoms with E-state index in [1.165, 1.54) is 6.20 Å². The number of pyridine rings is 1. The molecule has 18 heavy (non-hydrogen) atoms. The number of aromatic nitrogens is 3. The Morgan fingerprint density at radius 2 is 2.28 bits per heavy atom. The van der Waals surface area contributed by atoms with Gasteiger partial charge < -0.3 is 5.73 Å². The molecule has 0 aromatic carbocycles. The number of carbonyl (C=O) groups excluding carboxylic acids is 1. The van der Waals surface area contributed by atoms with Crippen LogP contribution in [0.15, 0.2) is 18.5 Å². The van der Waals surface area contributed by atoms with Crippen molar-refractivity contribution >= 4 is 16.9 Å². The SMILES string of the molecule is CCCC(CC)n1cc2cc(C(N)=O)cnc2n1. The van der Waals surface area contributed by atoms with Crippen LogP contribution in [0.2, 0.25) is 0 Å². The van der Waals surface area contributed by atoms with Crippen LogP contribution in [0.25, 0.3) is 11.0 Å². The lowest BCUT2D eigenvalue weighted by Gasteiger charge is -2.13. The molecule has 0 saturated heterocycles. The minimum Gasteiger partial charge on any atom is -0.366 e. The minimum atomic E-state index is -0.460. The molecule has 1 unspecified atom stereocenters. The number of hydrogen-bond acceptors (Lipinski definition) is 3. The normalized spacial score (nSPS) is 12.8. The monoisotopic (exact) mass is 246 g/mol. The van der Waals surface area contributed by atoms with Crippen molar-refractivity contribution < 1.29 is 4.79 Å². The van der Waals surface area contributed by atoms with Gasteiger partial charge in [0.05, 0.1) is 11.6 Å². The summed E-state index contributed by atoms with van der Waals surface area (Å²) in [4.78, 5) is 15.3. The summed E-state index contributed by atoms with van der Waals surface area (Å²) in [5.74, 6) is -0.460. The Balaban J connectivity index is 2.40. The highest BCUT2D eigenvalue weighted by molar-refractivity contribution is 5.95. The minimum absolute atomic E-state index is 0.390. The molecule has 2 rings (SSSR count). The van der Waals surface area contributed by atoms with Crippen molar-refractivity contribution in [3.8, 4) is 0 Å². The summed E-state index contributed by atoms with van der Waals surface area (Å²) in [5, 5.41) is 5.32. The molecule has 0 bridgehead atoms. The van der Waals surface area contributed by atoms with Crippen LogP contribution in [-0.4, -0.2) is 20.7 Å². The highest BCUT2D eigenvalue weighted by Crippen LogP contribution is 2.20. The van der Waals surface area contributed by atoms with E-state index in [2.05, 4.69) is 23.9 Å². The lowest BCUT2D eigenvalue weighted by atomic mass is 10.1. The van der Waals surface area contributed by atoms with Gasteiger partial charge in [0, 0.05) is 17.8 Å². The van der Waals surface area contributed by atoms with E-state index in [1.54, 1.807) is 6.07 Å². The molecule has 1 amide bonds. The summed E-state index contributed by atoms with van der Waals surface area (Å²) < 4.78 is 1.95. The van der Waals surface area contributed by atoms with Crippen molar-refractivity contribution in [3.63, 3.8) is 0 Å². The molecular formula is C13H18N4O. The predicted octanol–water partition coefficient (Wildman–Crippen LogP) is 2.28. The van der Waals surface area contributed by atoms with Gasteiger partial charge in [0.1, 0.15) is 0 Å². The van der Waals surface area contributed by atoms with Crippen LogP contribution < -0.4 is 5.73 Å². The molecule has 1 atom stereocenters. The van der Waals surface area contributed by atoms with Gasteiger partial charge in [-0.2, -0.15) is 5.10 Å². The van der Waals surface area contributed by atoms with Crippen molar-refractivity contribution in [2.75, 3.05) is 0 Å². The average molecular weight is 246 g/mol. The Kier molecular flexibility index (Phi) is 3.60. The molecule has 0 aliphatic carbocycles. The third kappa shape index (κ3) is 2.34. The first-order valence-corrected chi connectivity index (χ1v) is 6.30. The Labute approximate surface area is 106 Å². The Morgan fingerprint density at radius 3 is 2.89 bits per heavy atom. The van der Waals surface area contributed by atoms with Crippen molar-refractivity contribution in [1.82, 2.24) is 14.8 Å². The molecule has 5 heteroatoms. The summed E-state index contributed by atoms with van der Waals surface area (Å²) >= 11 is 0. The van der Waals surface area contributed by atoms with Gasteiger partial charge in [-0.25, -0.2) is 4.98 Å². The molecule has 0 spiro atoms. The van der Waals surface area contributed by atoms with Gasteiger partial charge in [0.2, 0.25) is 5.91 Å². The average Bonchev–Trinajstić information content (AvgIpc) is 2.78. The fraction of sp³-hybridized carbons (Fsp3) is 0.462. The topological polar surface area (TPSA) is 73.8 Å². The zero-order valence-corrected chi connectivity index (χ0v) is 10.8. The number of primary amides is 1. The lowest BCUT2D eigenvalue weighted by molar-refractivity contribution is 0.1000. The molecule has 2 heterocycles. The van der Waals surface area contributed by atoms with Gasteiger partial charge in [0.25, 0.3) is 0 Å². The van der Waals surface area contributed by atoms with Crippen LogP contribution in [0.5, 0.6) is 0 Å². The standard InChI is InChI=1S/C13H18N4O/c1-3-5-11(4-2)17-8-10-6-9(12(14)18)7-15-13(10)16-17/h6-8,11H,3-5H2,1-2H3,(H2,14,18). The Morgan fingerprint density at radius 1 is 1.50 bits per heavy atom. The van der Waals surface area contributed by atoms with Crippen LogP contribution in [0.1, 0.15) is 49.5 Å². The van der Waals surface area contributed by atoms with E-state index >= 15 is 0 Å². The molecule has 96 valence electrons. The molecule has 0 saturated carbocycles. The number of rotatable bonds is 5. The number of carbonyl (C=O) groups is 1. The second-order valence-electron chi connectivity index (χ2n) is 4.46. The third-order valence-electron chi connectivity index (χ3n) is 3.13. The smallest absolute Gasteiger partial charge is 0.250 e. The Hall–Kier alpha value is -1.91. The van der Waals surface area contributed by atoms with E-state index in [1.807, 2.05) is 10.9 Å². The molecular weight excluding hydrogens is 228 g/mol. The maximum Gasteiger partial charge on any atom is 0.250 e. The molecule has 0 aliphatic heterocycles. The van der Waals surface area contributed by atoms with E-state index in [9.17, 15) is 4.79 Å². The molecule has 0 fully saturated rings. The number of nitrogens with two attached hydrogens (primary N) is 1. The molecule has 2 aromatic rings. The second kappa shape index (κ2) is 5.16. The van der Waals surface area contributed by atoms with Crippen LogP contribution in [0, 0.1) is 0 Å². The summed E-state index contributed by atoms with van der Waals surface area (Å²) in [6.07, 6.45) is 6.66. The molecule has 0 radical (unpaired) electrons. The van der Waals surface area contributed by atoms with Crippen molar-refractivity contribution in [3.05, 3.63) is 24.0 Å². The van der Waals surface area contributed by atoms with Crippen LogP contribution in [0.4, 0.5) is 0 Å². The fourth-order valence-electron chi connectivity index (χ4n) is 2.11. The fourth-order valence-corrected chi connectivity index (χ4v) is 2.11. The quantitative estimate of drug-likeness (QED) is 0.879. The summed E-state index contributed by atoms with van der Waals surface area (Å²) in [6.45, 7) is 4.31. The van der Waals surface area contributed by atoms with Crippen LogP contribution in [-0.2, 0) is 0 Å². The predicted molar refractivity (Wildman–Crippen MR) is 70.3 cm³/mol. The zero-order valence-electron chi connectivity index (χ0n) is 10.8. The zero-order chi connectivity index (χ0) is 13.1. The maximum atomic E-state index is 11.1. The first-order chi connectivity index (χ1) is 8.65. The first-order valence-electron chi connectivity index (χ1n) is 6.30. The summed E-state index contributed by atoms with van der Waals surface area (Å²) in [6, 6.07) is 2.13. The number of fused-ring (bicyclic) bond motifs is 1. The molecule has 5 nitrogen and oxygen atoms in total. The maximum absolute atomic E-state index is 11.1. The van der Waals surface area contributed by atoms with E-state index in [4.69, 9.17) is 5.73 Å². The van der Waals surface area contributed by atoms with Gasteiger partial charge in [-0.05, 0) is 18.9 Å². The highest BCUT2D eigenvalue weighted by atomic mass is 16.1. The van der Waals surface area contributed by atoms with E-state index in [0.717, 1.165) is 24.6 Å². The number of hydrogen-bond donors (Lipinski definition) is 1. The Bertz CT molecular complexity index is 561. The van der Waals surface area contributed by atoms with Crippen molar-refractivity contribution in [2.45, 2.75) is 39.2 Å². The van der Waals surface area contributed by atoms with Gasteiger partial charge in [0.15, 0.2) is 5.65 Å². The van der Waals surface area contributed by atoms with E-state index in [0.29, 0.717) is 17.3 Å². The van der Waals surface area contributed by atoms with Gasteiger partial charge in [-0.3, -0.25) is 9.48 Å². The molecule has 2 N–H and O–H groups in total. The van der Waals surface area contributed by atoms with Crippen molar-refractivity contribution in [1.29, 1.82) is 0 Å². The highest BCUT2D eigenvalue weighted by Gasteiger charge is 2.12. The largest absolute Gasteiger partial charge is 0.366 e. The first kappa shape index (κ1) is 12.5.